The van der Waals surface area contributed by atoms with Crippen molar-refractivity contribution in [2.45, 2.75) is 39.3 Å². The Balaban J connectivity index is 1.67. The van der Waals surface area contributed by atoms with E-state index < -0.39 is 5.91 Å². The Morgan fingerprint density at radius 2 is 1.97 bits per heavy atom. The van der Waals surface area contributed by atoms with Crippen LogP contribution < -0.4 is 16.4 Å². The molecule has 1 aliphatic rings. The van der Waals surface area contributed by atoms with Gasteiger partial charge in [0.05, 0.1) is 23.0 Å². The van der Waals surface area contributed by atoms with E-state index in [2.05, 4.69) is 22.7 Å². The fourth-order valence-electron chi connectivity index (χ4n) is 3.54. The fraction of sp³-hybridized carbons (Fsp3) is 0.318. The first-order valence-corrected chi connectivity index (χ1v) is 9.84. The van der Waals surface area contributed by atoms with Gasteiger partial charge in [-0.2, -0.15) is 5.10 Å². The van der Waals surface area contributed by atoms with Gasteiger partial charge in [0, 0.05) is 31.3 Å². The summed E-state index contributed by atoms with van der Waals surface area (Å²) >= 11 is 0. The lowest BCUT2D eigenvalue weighted by Crippen LogP contribution is -2.22. The molecular formula is C22H25N5O2. The van der Waals surface area contributed by atoms with Crippen molar-refractivity contribution in [3.05, 3.63) is 53.9 Å². The van der Waals surface area contributed by atoms with Crippen molar-refractivity contribution in [1.82, 2.24) is 14.9 Å². The second kappa shape index (κ2) is 7.58. The van der Waals surface area contributed by atoms with Crippen LogP contribution in [0.2, 0.25) is 0 Å². The quantitative estimate of drug-likeness (QED) is 0.576. The first kappa shape index (κ1) is 19.0. The molecular weight excluding hydrogens is 366 g/mol. The van der Waals surface area contributed by atoms with Gasteiger partial charge in [0.25, 0.3) is 5.91 Å². The molecule has 0 spiro atoms. The fourth-order valence-corrected chi connectivity index (χ4v) is 3.54. The third kappa shape index (κ3) is 4.08. The SMILES string of the molecule is CC(=O)NCc1ccc(-c2cc3c(N[C@H](C)C4CC4)c(C(N)=O)cnn3c2)cc1. The molecule has 2 amide bonds. The van der Waals surface area contributed by atoms with Crippen LogP contribution in [0.5, 0.6) is 0 Å². The molecule has 1 aromatic carbocycles. The van der Waals surface area contributed by atoms with E-state index in [-0.39, 0.29) is 11.9 Å². The molecule has 2 aromatic heterocycles. The zero-order valence-corrected chi connectivity index (χ0v) is 16.6. The summed E-state index contributed by atoms with van der Waals surface area (Å²) in [5, 5.41) is 10.7. The Bertz CT molecular complexity index is 1070. The molecule has 7 nitrogen and oxygen atoms in total. The number of fused-ring (bicyclic) bond motifs is 1. The second-order valence-corrected chi connectivity index (χ2v) is 7.73. The molecule has 1 fully saturated rings. The zero-order chi connectivity index (χ0) is 20.5. The van der Waals surface area contributed by atoms with Crippen LogP contribution in [0.1, 0.15) is 42.6 Å². The number of primary amides is 1. The normalized spacial score (nSPS) is 14.6. The van der Waals surface area contributed by atoms with Crippen molar-refractivity contribution in [3.63, 3.8) is 0 Å². The number of benzene rings is 1. The summed E-state index contributed by atoms with van der Waals surface area (Å²) in [6, 6.07) is 10.3. The Labute approximate surface area is 169 Å². The first-order chi connectivity index (χ1) is 13.9. The lowest BCUT2D eigenvalue weighted by atomic mass is 10.1. The van der Waals surface area contributed by atoms with E-state index in [1.54, 1.807) is 4.52 Å². The number of hydrogen-bond acceptors (Lipinski definition) is 4. The van der Waals surface area contributed by atoms with E-state index in [4.69, 9.17) is 5.73 Å². The van der Waals surface area contributed by atoms with Crippen LogP contribution in [0.3, 0.4) is 0 Å². The average Bonchev–Trinajstić information content (AvgIpc) is 3.45. The van der Waals surface area contributed by atoms with Crippen LogP contribution in [0, 0.1) is 5.92 Å². The number of amides is 2. The van der Waals surface area contributed by atoms with E-state index >= 15 is 0 Å². The summed E-state index contributed by atoms with van der Waals surface area (Å²) in [7, 11) is 0. The molecule has 150 valence electrons. The van der Waals surface area contributed by atoms with Gasteiger partial charge >= 0.3 is 0 Å². The van der Waals surface area contributed by atoms with Crippen LogP contribution in [0.25, 0.3) is 16.6 Å². The lowest BCUT2D eigenvalue weighted by Gasteiger charge is -2.17. The van der Waals surface area contributed by atoms with Gasteiger partial charge in [0.15, 0.2) is 0 Å². The Morgan fingerprint density at radius 1 is 1.24 bits per heavy atom. The van der Waals surface area contributed by atoms with Crippen LogP contribution >= 0.6 is 0 Å². The molecule has 0 radical (unpaired) electrons. The number of carbonyl (C=O) groups is 2. The van der Waals surface area contributed by atoms with E-state index in [0.717, 1.165) is 27.9 Å². The molecule has 1 aliphatic carbocycles. The Morgan fingerprint density at radius 3 is 2.59 bits per heavy atom. The molecule has 0 unspecified atom stereocenters. The summed E-state index contributed by atoms with van der Waals surface area (Å²) in [6.07, 6.45) is 5.88. The topological polar surface area (TPSA) is 102 Å². The summed E-state index contributed by atoms with van der Waals surface area (Å²) in [5.41, 5.74) is 10.6. The Hall–Kier alpha value is -3.35. The van der Waals surface area contributed by atoms with E-state index in [9.17, 15) is 9.59 Å². The predicted octanol–water partition coefficient (Wildman–Crippen LogP) is 2.95. The van der Waals surface area contributed by atoms with Gasteiger partial charge in [-0.25, -0.2) is 4.52 Å². The average molecular weight is 391 g/mol. The molecule has 0 aliphatic heterocycles. The standard InChI is InChI=1S/C22H25N5O2/c1-13(16-7-8-16)26-21-19(22(23)29)11-25-27-12-18(9-20(21)27)17-5-3-15(4-6-17)10-24-14(2)28/h3-6,9,11-13,16,26H,7-8,10H2,1-2H3,(H2,23,29)(H,24,28)/t13-/m1/s1. The van der Waals surface area contributed by atoms with Crippen LogP contribution in [0.4, 0.5) is 5.69 Å². The number of rotatable bonds is 7. The summed E-state index contributed by atoms with van der Waals surface area (Å²) in [5.74, 6) is 0.0923. The molecule has 29 heavy (non-hydrogen) atoms. The van der Waals surface area contributed by atoms with Crippen molar-refractivity contribution < 1.29 is 9.59 Å². The second-order valence-electron chi connectivity index (χ2n) is 7.73. The maximum Gasteiger partial charge on any atom is 0.252 e. The van der Waals surface area contributed by atoms with Crippen molar-refractivity contribution >= 4 is 23.0 Å². The molecule has 4 N–H and O–H groups in total. The minimum absolute atomic E-state index is 0.0513. The monoisotopic (exact) mass is 391 g/mol. The van der Waals surface area contributed by atoms with E-state index in [1.165, 1.54) is 26.0 Å². The third-order valence-corrected chi connectivity index (χ3v) is 5.43. The van der Waals surface area contributed by atoms with Crippen molar-refractivity contribution in [1.29, 1.82) is 0 Å². The number of hydrogen-bond donors (Lipinski definition) is 3. The zero-order valence-electron chi connectivity index (χ0n) is 16.6. The van der Waals surface area contributed by atoms with Crippen molar-refractivity contribution in [2.75, 3.05) is 5.32 Å². The molecule has 1 saturated carbocycles. The summed E-state index contributed by atoms with van der Waals surface area (Å²) in [4.78, 5) is 23.0. The molecule has 4 rings (SSSR count). The largest absolute Gasteiger partial charge is 0.380 e. The van der Waals surface area contributed by atoms with Gasteiger partial charge in [0.2, 0.25) is 5.91 Å². The molecule has 0 saturated heterocycles. The number of carbonyl (C=O) groups excluding carboxylic acids is 2. The third-order valence-electron chi connectivity index (χ3n) is 5.43. The highest BCUT2D eigenvalue weighted by Gasteiger charge is 2.29. The maximum atomic E-state index is 12.0. The summed E-state index contributed by atoms with van der Waals surface area (Å²) in [6.45, 7) is 4.14. The summed E-state index contributed by atoms with van der Waals surface area (Å²) < 4.78 is 1.77. The molecule has 1 atom stereocenters. The van der Waals surface area contributed by atoms with Crippen LogP contribution in [-0.2, 0) is 11.3 Å². The first-order valence-electron chi connectivity index (χ1n) is 9.84. The highest BCUT2D eigenvalue weighted by Crippen LogP contribution is 2.36. The van der Waals surface area contributed by atoms with Gasteiger partial charge in [-0.05, 0) is 42.9 Å². The highest BCUT2D eigenvalue weighted by atomic mass is 16.1. The van der Waals surface area contributed by atoms with Gasteiger partial charge in [-0.3, -0.25) is 9.59 Å². The minimum atomic E-state index is -0.490. The number of nitrogens with one attached hydrogen (secondary N) is 2. The predicted molar refractivity (Wildman–Crippen MR) is 112 cm³/mol. The number of nitrogens with two attached hydrogens (primary N) is 1. The molecule has 3 aromatic rings. The van der Waals surface area contributed by atoms with E-state index in [0.29, 0.717) is 18.0 Å². The van der Waals surface area contributed by atoms with Crippen molar-refractivity contribution in [2.24, 2.45) is 11.7 Å². The number of aromatic nitrogens is 2. The van der Waals surface area contributed by atoms with Gasteiger partial charge < -0.3 is 16.4 Å². The number of nitrogens with zero attached hydrogens (tertiary/aromatic N) is 2. The molecule has 7 heteroatoms. The minimum Gasteiger partial charge on any atom is -0.380 e. The van der Waals surface area contributed by atoms with Gasteiger partial charge in [-0.15, -0.1) is 0 Å². The lowest BCUT2D eigenvalue weighted by molar-refractivity contribution is -0.119. The maximum absolute atomic E-state index is 12.0. The van der Waals surface area contributed by atoms with Crippen molar-refractivity contribution in [3.8, 4) is 11.1 Å². The van der Waals surface area contributed by atoms with Crippen LogP contribution in [0.15, 0.2) is 42.7 Å². The Kier molecular flexibility index (Phi) is 4.96. The molecule has 2 heterocycles. The van der Waals surface area contributed by atoms with Gasteiger partial charge in [-0.1, -0.05) is 24.3 Å². The van der Waals surface area contributed by atoms with Gasteiger partial charge in [0.1, 0.15) is 0 Å². The number of anilines is 1. The van der Waals surface area contributed by atoms with E-state index in [1.807, 2.05) is 36.5 Å². The molecule has 0 bridgehead atoms. The highest BCUT2D eigenvalue weighted by molar-refractivity contribution is 6.02. The van der Waals surface area contributed by atoms with Crippen LogP contribution in [-0.4, -0.2) is 27.5 Å². The smallest absolute Gasteiger partial charge is 0.252 e.